The summed E-state index contributed by atoms with van der Waals surface area (Å²) in [5.41, 5.74) is 0.294. The number of unbranched alkanes of at least 4 members (excludes halogenated alkanes) is 1. The Bertz CT molecular complexity index is 674. The highest BCUT2D eigenvalue weighted by molar-refractivity contribution is 5.91. The summed E-state index contributed by atoms with van der Waals surface area (Å²) in [5, 5.41) is 2.77. The van der Waals surface area contributed by atoms with Crippen molar-refractivity contribution in [2.45, 2.75) is 19.8 Å². The van der Waals surface area contributed by atoms with Crippen LogP contribution in [0.1, 0.15) is 30.3 Å². The third kappa shape index (κ3) is 5.91. The zero-order valence-electron chi connectivity index (χ0n) is 15.6. The number of carbonyl (C=O) groups is 1. The summed E-state index contributed by atoms with van der Waals surface area (Å²) in [6.45, 7) is 3.80. The number of anilines is 1. The van der Waals surface area contributed by atoms with E-state index in [1.807, 2.05) is 36.2 Å². The molecule has 1 aromatic heterocycles. The second-order valence-corrected chi connectivity index (χ2v) is 5.81. The van der Waals surface area contributed by atoms with Gasteiger partial charge < -0.3 is 19.7 Å². The van der Waals surface area contributed by atoms with Gasteiger partial charge in [-0.25, -0.2) is 9.97 Å². The second-order valence-electron chi connectivity index (χ2n) is 5.81. The van der Waals surface area contributed by atoms with E-state index in [2.05, 4.69) is 22.2 Å². The van der Waals surface area contributed by atoms with E-state index in [-0.39, 0.29) is 5.91 Å². The van der Waals surface area contributed by atoms with E-state index in [0.717, 1.165) is 36.7 Å². The number of amides is 1. The van der Waals surface area contributed by atoms with E-state index in [1.165, 1.54) is 6.20 Å². The Kier molecular flexibility index (Phi) is 7.67. The van der Waals surface area contributed by atoms with Gasteiger partial charge in [0.05, 0.1) is 26.0 Å². The van der Waals surface area contributed by atoms with Gasteiger partial charge in [0, 0.05) is 13.6 Å². The number of methoxy groups -OCH3 is 1. The molecule has 1 N–H and O–H groups in total. The topological polar surface area (TPSA) is 76.6 Å². The molecule has 7 nitrogen and oxygen atoms in total. The summed E-state index contributed by atoms with van der Waals surface area (Å²) < 4.78 is 10.7. The van der Waals surface area contributed by atoms with E-state index >= 15 is 0 Å². The molecule has 2 rings (SSSR count). The molecule has 0 saturated carbocycles. The summed E-state index contributed by atoms with van der Waals surface area (Å²) in [6.07, 6.45) is 5.33. The fraction of sp³-hybridized carbons (Fsp3) is 0.421. The largest absolute Gasteiger partial charge is 0.497 e. The minimum atomic E-state index is -0.265. The highest BCUT2D eigenvalue weighted by Crippen LogP contribution is 2.16. The van der Waals surface area contributed by atoms with Gasteiger partial charge in [-0.2, -0.15) is 0 Å². The lowest BCUT2D eigenvalue weighted by atomic mass is 10.3. The van der Waals surface area contributed by atoms with Crippen molar-refractivity contribution >= 4 is 11.7 Å². The highest BCUT2D eigenvalue weighted by Gasteiger charge is 2.09. The van der Waals surface area contributed by atoms with Crippen molar-refractivity contribution in [2.75, 3.05) is 38.8 Å². The Balaban J connectivity index is 1.74. The quantitative estimate of drug-likeness (QED) is 0.658. The molecular weight excluding hydrogens is 332 g/mol. The number of aromatic nitrogens is 2. The van der Waals surface area contributed by atoms with Crippen LogP contribution in [-0.4, -0.2) is 49.7 Å². The summed E-state index contributed by atoms with van der Waals surface area (Å²) in [5.74, 6) is 1.99. The number of hydrogen-bond acceptors (Lipinski definition) is 6. The molecule has 0 radical (unpaired) electrons. The minimum Gasteiger partial charge on any atom is -0.497 e. The van der Waals surface area contributed by atoms with Crippen LogP contribution in [0, 0.1) is 0 Å². The molecule has 1 amide bonds. The van der Waals surface area contributed by atoms with Crippen LogP contribution in [0.3, 0.4) is 0 Å². The molecule has 140 valence electrons. The van der Waals surface area contributed by atoms with Crippen LogP contribution in [0.5, 0.6) is 11.5 Å². The van der Waals surface area contributed by atoms with E-state index in [4.69, 9.17) is 9.47 Å². The van der Waals surface area contributed by atoms with Crippen LogP contribution < -0.4 is 19.7 Å². The molecule has 0 saturated heterocycles. The van der Waals surface area contributed by atoms with Gasteiger partial charge >= 0.3 is 0 Å². The Morgan fingerprint density at radius 2 is 1.88 bits per heavy atom. The second kappa shape index (κ2) is 10.2. The molecule has 0 fully saturated rings. The first-order valence-corrected chi connectivity index (χ1v) is 8.72. The van der Waals surface area contributed by atoms with Crippen LogP contribution >= 0.6 is 0 Å². The van der Waals surface area contributed by atoms with Crippen molar-refractivity contribution in [3.05, 3.63) is 42.4 Å². The summed E-state index contributed by atoms with van der Waals surface area (Å²) in [6, 6.07) is 7.28. The van der Waals surface area contributed by atoms with Crippen molar-refractivity contribution in [3.8, 4) is 11.5 Å². The number of carbonyl (C=O) groups excluding carboxylic acids is 1. The Morgan fingerprint density at radius 1 is 1.15 bits per heavy atom. The van der Waals surface area contributed by atoms with Gasteiger partial charge in [0.15, 0.2) is 0 Å². The number of ether oxygens (including phenoxy) is 2. The number of benzene rings is 1. The number of nitrogens with one attached hydrogen (secondary N) is 1. The van der Waals surface area contributed by atoms with E-state index in [0.29, 0.717) is 18.8 Å². The number of rotatable bonds is 10. The lowest BCUT2D eigenvalue weighted by molar-refractivity contribution is 0.0941. The van der Waals surface area contributed by atoms with Gasteiger partial charge in [-0.3, -0.25) is 4.79 Å². The lowest BCUT2D eigenvalue weighted by Crippen LogP contribution is -2.29. The number of hydrogen-bond donors (Lipinski definition) is 1. The molecule has 2 aromatic rings. The van der Waals surface area contributed by atoms with Gasteiger partial charge in [-0.1, -0.05) is 13.3 Å². The lowest BCUT2D eigenvalue weighted by Gasteiger charge is -2.17. The van der Waals surface area contributed by atoms with Crippen LogP contribution in [0.25, 0.3) is 0 Å². The van der Waals surface area contributed by atoms with Crippen LogP contribution in [-0.2, 0) is 0 Å². The third-order valence-corrected chi connectivity index (χ3v) is 3.82. The average molecular weight is 358 g/mol. The Morgan fingerprint density at radius 3 is 2.50 bits per heavy atom. The van der Waals surface area contributed by atoms with Crippen LogP contribution in [0.2, 0.25) is 0 Å². The molecule has 0 spiro atoms. The zero-order valence-corrected chi connectivity index (χ0v) is 15.6. The maximum atomic E-state index is 12.1. The zero-order chi connectivity index (χ0) is 18.8. The van der Waals surface area contributed by atoms with E-state index < -0.39 is 0 Å². The normalized spacial score (nSPS) is 10.3. The number of nitrogens with zero attached hydrogens (tertiary/aromatic N) is 3. The van der Waals surface area contributed by atoms with Gasteiger partial charge in [0.2, 0.25) is 0 Å². The molecule has 0 aliphatic heterocycles. The summed E-state index contributed by atoms with van der Waals surface area (Å²) in [4.78, 5) is 22.6. The average Bonchev–Trinajstić information content (AvgIpc) is 2.69. The van der Waals surface area contributed by atoms with Gasteiger partial charge in [-0.15, -0.1) is 0 Å². The molecule has 1 heterocycles. The highest BCUT2D eigenvalue weighted by atomic mass is 16.5. The molecule has 0 aliphatic carbocycles. The Hall–Kier alpha value is -2.83. The predicted octanol–water partition coefficient (Wildman–Crippen LogP) is 2.53. The molecular formula is C19H26N4O3. The third-order valence-electron chi connectivity index (χ3n) is 3.82. The van der Waals surface area contributed by atoms with Crippen molar-refractivity contribution in [2.24, 2.45) is 0 Å². The molecule has 1 aromatic carbocycles. The van der Waals surface area contributed by atoms with Crippen molar-refractivity contribution in [3.63, 3.8) is 0 Å². The summed E-state index contributed by atoms with van der Waals surface area (Å²) in [7, 11) is 3.58. The molecule has 0 aliphatic rings. The van der Waals surface area contributed by atoms with Crippen LogP contribution in [0.15, 0.2) is 36.7 Å². The van der Waals surface area contributed by atoms with Crippen LogP contribution in [0.4, 0.5) is 5.82 Å². The molecule has 0 bridgehead atoms. The van der Waals surface area contributed by atoms with Crippen molar-refractivity contribution in [1.29, 1.82) is 0 Å². The monoisotopic (exact) mass is 358 g/mol. The maximum absolute atomic E-state index is 12.1. The maximum Gasteiger partial charge on any atom is 0.271 e. The first kappa shape index (κ1) is 19.5. The SMILES string of the molecule is CCCCN(C)c1cnc(C(=O)NCCOc2ccc(OC)cc2)cn1. The van der Waals surface area contributed by atoms with E-state index in [9.17, 15) is 4.79 Å². The fourth-order valence-corrected chi connectivity index (χ4v) is 2.24. The van der Waals surface area contributed by atoms with Gasteiger partial charge in [0.25, 0.3) is 5.91 Å². The summed E-state index contributed by atoms with van der Waals surface area (Å²) >= 11 is 0. The predicted molar refractivity (Wildman–Crippen MR) is 101 cm³/mol. The van der Waals surface area contributed by atoms with Gasteiger partial charge in [0.1, 0.15) is 29.6 Å². The Labute approximate surface area is 154 Å². The molecule has 7 heteroatoms. The van der Waals surface area contributed by atoms with E-state index in [1.54, 1.807) is 13.3 Å². The standard InChI is InChI=1S/C19H26N4O3/c1-4-5-11-23(2)18-14-21-17(13-22-18)19(24)20-10-12-26-16-8-6-15(25-3)7-9-16/h6-9,13-14H,4-5,10-12H2,1-3H3,(H,20,24). The van der Waals surface area contributed by atoms with Crippen molar-refractivity contribution in [1.82, 2.24) is 15.3 Å². The molecule has 0 atom stereocenters. The van der Waals surface area contributed by atoms with Crippen molar-refractivity contribution < 1.29 is 14.3 Å². The van der Waals surface area contributed by atoms with Gasteiger partial charge in [-0.05, 0) is 30.7 Å². The molecule has 0 unspecified atom stereocenters. The molecule has 26 heavy (non-hydrogen) atoms. The fourth-order valence-electron chi connectivity index (χ4n) is 2.24. The first-order chi connectivity index (χ1) is 12.6. The minimum absolute atomic E-state index is 0.265. The first-order valence-electron chi connectivity index (χ1n) is 8.72. The smallest absolute Gasteiger partial charge is 0.271 e.